The van der Waals surface area contributed by atoms with E-state index in [-0.39, 0.29) is 12.0 Å². The van der Waals surface area contributed by atoms with Gasteiger partial charge in [0.25, 0.3) is 5.91 Å². The molecule has 0 radical (unpaired) electrons. The van der Waals surface area contributed by atoms with Gasteiger partial charge in [-0.2, -0.15) is 0 Å². The second-order valence-corrected chi connectivity index (χ2v) is 6.57. The van der Waals surface area contributed by atoms with Crippen molar-refractivity contribution in [1.29, 1.82) is 0 Å². The summed E-state index contributed by atoms with van der Waals surface area (Å²) in [7, 11) is 0. The van der Waals surface area contributed by atoms with Crippen LogP contribution in [0.2, 0.25) is 0 Å². The van der Waals surface area contributed by atoms with Crippen molar-refractivity contribution in [3.8, 4) is 0 Å². The first-order valence-electron chi connectivity index (χ1n) is 7.34. The molecule has 2 rings (SSSR count). The van der Waals surface area contributed by atoms with E-state index in [2.05, 4.69) is 40.3 Å². The van der Waals surface area contributed by atoms with Gasteiger partial charge < -0.3 is 10.1 Å². The van der Waals surface area contributed by atoms with Gasteiger partial charge in [0.2, 0.25) is 0 Å². The number of hydrogen-bond donors (Lipinski definition) is 1. The second-order valence-electron chi connectivity index (χ2n) is 5.28. The van der Waals surface area contributed by atoms with Crippen LogP contribution in [0.25, 0.3) is 0 Å². The molecule has 110 valence electrons. The fourth-order valence-electron chi connectivity index (χ4n) is 2.40. The zero-order chi connectivity index (χ0) is 14.4. The van der Waals surface area contributed by atoms with Gasteiger partial charge >= 0.3 is 0 Å². The summed E-state index contributed by atoms with van der Waals surface area (Å²) in [6.45, 7) is 2.89. The summed E-state index contributed by atoms with van der Waals surface area (Å²) < 4.78 is 5.37. The third kappa shape index (κ3) is 4.60. The molecular formula is C16H22BrNO2. The molecular weight excluding hydrogens is 318 g/mol. The monoisotopic (exact) mass is 339 g/mol. The van der Waals surface area contributed by atoms with E-state index in [1.807, 2.05) is 12.1 Å². The van der Waals surface area contributed by atoms with E-state index in [4.69, 9.17) is 4.74 Å². The maximum absolute atomic E-state index is 11.9. The predicted molar refractivity (Wildman–Crippen MR) is 85.4 cm³/mol. The van der Waals surface area contributed by atoms with Crippen LogP contribution >= 0.6 is 15.9 Å². The third-order valence-corrected chi connectivity index (χ3v) is 4.28. The van der Waals surface area contributed by atoms with Gasteiger partial charge in [0.15, 0.2) is 0 Å². The molecule has 0 aliphatic carbocycles. The van der Waals surface area contributed by atoms with E-state index in [0.717, 1.165) is 24.9 Å². The number of hydrogen-bond acceptors (Lipinski definition) is 2. The SMILES string of the molecule is CCCC(Br)Cc1ccc(NC(=O)C2CCCO2)cc1. The summed E-state index contributed by atoms with van der Waals surface area (Å²) in [6.07, 6.45) is 4.91. The Bertz CT molecular complexity index is 427. The molecule has 20 heavy (non-hydrogen) atoms. The largest absolute Gasteiger partial charge is 0.368 e. The van der Waals surface area contributed by atoms with Gasteiger partial charge in [-0.25, -0.2) is 0 Å². The number of rotatable bonds is 6. The minimum absolute atomic E-state index is 0.0281. The average molecular weight is 340 g/mol. The Morgan fingerprint density at radius 1 is 1.45 bits per heavy atom. The number of carbonyl (C=O) groups is 1. The Hall–Kier alpha value is -0.870. The molecule has 1 N–H and O–H groups in total. The molecule has 4 heteroatoms. The summed E-state index contributed by atoms with van der Waals surface area (Å²) in [4.78, 5) is 12.4. The number of halogens is 1. The first-order valence-corrected chi connectivity index (χ1v) is 8.26. The minimum atomic E-state index is -0.272. The van der Waals surface area contributed by atoms with Crippen LogP contribution in [0.4, 0.5) is 5.69 Å². The molecule has 1 aliphatic heterocycles. The zero-order valence-electron chi connectivity index (χ0n) is 11.9. The van der Waals surface area contributed by atoms with Crippen LogP contribution in [0.5, 0.6) is 0 Å². The summed E-state index contributed by atoms with van der Waals surface area (Å²) in [5, 5.41) is 2.91. The summed E-state index contributed by atoms with van der Waals surface area (Å²) >= 11 is 3.69. The maximum Gasteiger partial charge on any atom is 0.253 e. The van der Waals surface area contributed by atoms with Gasteiger partial charge in [0.1, 0.15) is 6.10 Å². The average Bonchev–Trinajstić information content (AvgIpc) is 2.95. The van der Waals surface area contributed by atoms with Gasteiger partial charge in [0.05, 0.1) is 0 Å². The van der Waals surface area contributed by atoms with E-state index in [9.17, 15) is 4.79 Å². The maximum atomic E-state index is 11.9. The number of anilines is 1. The molecule has 1 heterocycles. The first kappa shape index (κ1) is 15.5. The third-order valence-electron chi connectivity index (χ3n) is 3.50. The van der Waals surface area contributed by atoms with Crippen molar-refractivity contribution in [1.82, 2.24) is 0 Å². The van der Waals surface area contributed by atoms with E-state index >= 15 is 0 Å². The molecule has 0 bridgehead atoms. The lowest BCUT2D eigenvalue weighted by atomic mass is 10.1. The minimum Gasteiger partial charge on any atom is -0.368 e. The van der Waals surface area contributed by atoms with E-state index in [1.165, 1.54) is 18.4 Å². The van der Waals surface area contributed by atoms with E-state index in [0.29, 0.717) is 11.4 Å². The highest BCUT2D eigenvalue weighted by Gasteiger charge is 2.23. The Morgan fingerprint density at radius 3 is 2.80 bits per heavy atom. The van der Waals surface area contributed by atoms with Gasteiger partial charge in [-0.15, -0.1) is 0 Å². The van der Waals surface area contributed by atoms with Crippen molar-refractivity contribution < 1.29 is 9.53 Å². The lowest BCUT2D eigenvalue weighted by molar-refractivity contribution is -0.124. The van der Waals surface area contributed by atoms with Crippen LogP contribution in [-0.4, -0.2) is 23.4 Å². The fourth-order valence-corrected chi connectivity index (χ4v) is 3.23. The van der Waals surface area contributed by atoms with Gasteiger partial charge in [-0.1, -0.05) is 41.4 Å². The van der Waals surface area contributed by atoms with Gasteiger partial charge in [-0.3, -0.25) is 4.79 Å². The highest BCUT2D eigenvalue weighted by atomic mass is 79.9. The smallest absolute Gasteiger partial charge is 0.253 e. The molecule has 0 spiro atoms. The van der Waals surface area contributed by atoms with Crippen molar-refractivity contribution in [3.63, 3.8) is 0 Å². The molecule has 0 aromatic heterocycles. The van der Waals surface area contributed by atoms with Crippen LogP contribution in [0.15, 0.2) is 24.3 Å². The summed E-state index contributed by atoms with van der Waals surface area (Å²) in [6, 6.07) is 8.09. The second kappa shape index (κ2) is 7.79. The summed E-state index contributed by atoms with van der Waals surface area (Å²) in [5.74, 6) is -0.0281. The molecule has 3 nitrogen and oxygen atoms in total. The number of nitrogens with one attached hydrogen (secondary N) is 1. The number of amides is 1. The molecule has 1 aliphatic rings. The molecule has 2 atom stereocenters. The van der Waals surface area contributed by atoms with Crippen LogP contribution in [0, 0.1) is 0 Å². The van der Waals surface area contributed by atoms with Crippen molar-refractivity contribution >= 4 is 27.5 Å². The van der Waals surface area contributed by atoms with Crippen molar-refractivity contribution in [2.24, 2.45) is 0 Å². The quantitative estimate of drug-likeness (QED) is 0.798. The van der Waals surface area contributed by atoms with Crippen molar-refractivity contribution in [2.75, 3.05) is 11.9 Å². The van der Waals surface area contributed by atoms with Crippen LogP contribution < -0.4 is 5.32 Å². The molecule has 2 unspecified atom stereocenters. The Labute approximate surface area is 129 Å². The topological polar surface area (TPSA) is 38.3 Å². The normalized spacial score (nSPS) is 19.8. The van der Waals surface area contributed by atoms with Crippen molar-refractivity contribution in [2.45, 2.75) is 50.0 Å². The first-order chi connectivity index (χ1) is 9.69. The van der Waals surface area contributed by atoms with E-state index < -0.39 is 0 Å². The fraction of sp³-hybridized carbons (Fsp3) is 0.562. The number of alkyl halides is 1. The van der Waals surface area contributed by atoms with Crippen LogP contribution in [0.3, 0.4) is 0 Å². The molecule has 1 aromatic rings. The summed E-state index contributed by atoms with van der Waals surface area (Å²) in [5.41, 5.74) is 2.13. The Kier molecular flexibility index (Phi) is 6.05. The predicted octanol–water partition coefficient (Wildman–Crippen LogP) is 3.91. The standard InChI is InChI=1S/C16H22BrNO2/c1-2-4-13(17)11-12-6-8-14(9-7-12)18-16(19)15-5-3-10-20-15/h6-9,13,15H,2-5,10-11H2,1H3,(H,18,19). The van der Waals surface area contributed by atoms with Crippen molar-refractivity contribution in [3.05, 3.63) is 29.8 Å². The zero-order valence-corrected chi connectivity index (χ0v) is 13.5. The van der Waals surface area contributed by atoms with Gasteiger partial charge in [0, 0.05) is 17.1 Å². The van der Waals surface area contributed by atoms with Crippen LogP contribution in [-0.2, 0) is 16.0 Å². The molecule has 1 amide bonds. The van der Waals surface area contributed by atoms with Crippen LogP contribution in [0.1, 0.15) is 38.2 Å². The molecule has 1 fully saturated rings. The molecule has 1 aromatic carbocycles. The lowest BCUT2D eigenvalue weighted by Crippen LogP contribution is -2.26. The highest BCUT2D eigenvalue weighted by Crippen LogP contribution is 2.18. The molecule has 0 saturated carbocycles. The Balaban J connectivity index is 1.86. The van der Waals surface area contributed by atoms with E-state index in [1.54, 1.807) is 0 Å². The number of carbonyl (C=O) groups excluding carboxylic acids is 1. The lowest BCUT2D eigenvalue weighted by Gasteiger charge is -2.12. The number of benzene rings is 1. The highest BCUT2D eigenvalue weighted by molar-refractivity contribution is 9.09. The molecule has 1 saturated heterocycles. The van der Waals surface area contributed by atoms with Gasteiger partial charge in [-0.05, 0) is 43.4 Å². The Morgan fingerprint density at radius 2 is 2.20 bits per heavy atom. The number of ether oxygens (including phenoxy) is 1.